The van der Waals surface area contributed by atoms with Crippen molar-refractivity contribution in [2.24, 2.45) is 4.99 Å². The summed E-state index contributed by atoms with van der Waals surface area (Å²) in [7, 11) is 1.67. The lowest BCUT2D eigenvalue weighted by molar-refractivity contribution is 0.145. The van der Waals surface area contributed by atoms with Crippen LogP contribution in [0.1, 0.15) is 50.4 Å². The number of methoxy groups -OCH3 is 1. The highest BCUT2D eigenvalue weighted by Crippen LogP contribution is 2.25. The number of aliphatic imine (C=N–C) groups is 1. The van der Waals surface area contributed by atoms with Crippen molar-refractivity contribution in [2.75, 3.05) is 26.9 Å². The molecule has 2 rings (SSSR count). The van der Waals surface area contributed by atoms with Gasteiger partial charge in [-0.2, -0.15) is 0 Å². The van der Waals surface area contributed by atoms with Crippen LogP contribution in [0.3, 0.4) is 0 Å². The van der Waals surface area contributed by atoms with Crippen molar-refractivity contribution in [1.82, 2.24) is 15.6 Å². The van der Waals surface area contributed by atoms with Gasteiger partial charge in [-0.15, -0.1) is 11.3 Å². The molecule has 0 atom stereocenters. The molecule has 1 heterocycles. The van der Waals surface area contributed by atoms with E-state index in [-0.39, 0.29) is 5.41 Å². The molecule has 0 saturated carbocycles. The molecule has 29 heavy (non-hydrogen) atoms. The molecule has 0 unspecified atom stereocenters. The van der Waals surface area contributed by atoms with E-state index in [1.165, 1.54) is 0 Å². The molecule has 160 valence electrons. The smallest absolute Gasteiger partial charge is 0.191 e. The van der Waals surface area contributed by atoms with Crippen molar-refractivity contribution in [1.29, 1.82) is 0 Å². The number of nitrogens with one attached hydrogen (secondary N) is 2. The van der Waals surface area contributed by atoms with Crippen molar-refractivity contribution in [3.63, 3.8) is 0 Å². The molecule has 0 fully saturated rings. The second-order valence-electron chi connectivity index (χ2n) is 7.74. The summed E-state index contributed by atoms with van der Waals surface area (Å²) in [6.45, 7) is 12.1. The first-order valence-electron chi connectivity index (χ1n) is 10.1. The topological polar surface area (TPSA) is 67.8 Å². The molecule has 0 radical (unpaired) electrons. The Morgan fingerprint density at radius 1 is 1.17 bits per heavy atom. The zero-order valence-corrected chi connectivity index (χ0v) is 19.1. The van der Waals surface area contributed by atoms with Crippen molar-refractivity contribution >= 4 is 17.3 Å². The Hall–Kier alpha value is -2.12. The third-order valence-electron chi connectivity index (χ3n) is 4.17. The number of thiazole rings is 1. The predicted octanol–water partition coefficient (Wildman–Crippen LogP) is 4.11. The van der Waals surface area contributed by atoms with Crippen LogP contribution in [0.5, 0.6) is 5.75 Å². The van der Waals surface area contributed by atoms with Gasteiger partial charge in [-0.1, -0.05) is 32.9 Å². The fourth-order valence-corrected chi connectivity index (χ4v) is 3.42. The number of hydrogen-bond acceptors (Lipinski definition) is 5. The van der Waals surface area contributed by atoms with Gasteiger partial charge < -0.3 is 20.1 Å². The van der Waals surface area contributed by atoms with Crippen LogP contribution in [-0.4, -0.2) is 37.8 Å². The molecule has 0 spiro atoms. The van der Waals surface area contributed by atoms with Gasteiger partial charge in [0.2, 0.25) is 0 Å². The summed E-state index contributed by atoms with van der Waals surface area (Å²) in [5, 5.41) is 10.1. The van der Waals surface area contributed by atoms with Gasteiger partial charge in [0.05, 0.1) is 30.9 Å². The Morgan fingerprint density at radius 2 is 1.93 bits per heavy atom. The van der Waals surface area contributed by atoms with Crippen LogP contribution in [0.15, 0.2) is 34.6 Å². The van der Waals surface area contributed by atoms with Gasteiger partial charge >= 0.3 is 0 Å². The zero-order valence-electron chi connectivity index (χ0n) is 18.2. The maximum Gasteiger partial charge on any atom is 0.191 e. The van der Waals surface area contributed by atoms with Gasteiger partial charge in [-0.05, 0) is 31.0 Å². The average Bonchev–Trinajstić information content (AvgIpc) is 3.19. The number of guanidine groups is 1. The van der Waals surface area contributed by atoms with Crippen LogP contribution in [-0.2, 0) is 23.2 Å². The number of rotatable bonds is 10. The molecular weight excluding hydrogens is 384 g/mol. The Kier molecular flexibility index (Phi) is 9.41. The summed E-state index contributed by atoms with van der Waals surface area (Å²) < 4.78 is 10.6. The van der Waals surface area contributed by atoms with Crippen LogP contribution in [0.4, 0.5) is 0 Å². The van der Waals surface area contributed by atoms with E-state index in [4.69, 9.17) is 19.5 Å². The fraction of sp³-hybridized carbons (Fsp3) is 0.545. The van der Waals surface area contributed by atoms with Gasteiger partial charge in [0.15, 0.2) is 5.96 Å². The minimum absolute atomic E-state index is 0.0751. The highest BCUT2D eigenvalue weighted by Gasteiger charge is 2.17. The van der Waals surface area contributed by atoms with E-state index in [1.807, 2.05) is 31.2 Å². The van der Waals surface area contributed by atoms with Crippen molar-refractivity contribution < 1.29 is 9.47 Å². The molecule has 7 heteroatoms. The van der Waals surface area contributed by atoms with E-state index in [0.29, 0.717) is 13.1 Å². The molecule has 1 aromatic carbocycles. The molecule has 6 nitrogen and oxygen atoms in total. The van der Waals surface area contributed by atoms with Gasteiger partial charge in [0.25, 0.3) is 0 Å². The monoisotopic (exact) mass is 418 g/mol. The first-order valence-corrected chi connectivity index (χ1v) is 11.0. The molecule has 0 amide bonds. The highest BCUT2D eigenvalue weighted by molar-refractivity contribution is 7.09. The predicted molar refractivity (Wildman–Crippen MR) is 121 cm³/mol. The second kappa shape index (κ2) is 11.8. The third kappa shape index (κ3) is 8.41. The van der Waals surface area contributed by atoms with Crippen LogP contribution in [0, 0.1) is 0 Å². The Bertz CT molecular complexity index is 751. The molecule has 1 aromatic heterocycles. The SMILES string of the molecule is CCOCCCNC(=NCc1ccc(OC)cc1)NCc1csc(C(C)(C)C)n1. The highest BCUT2D eigenvalue weighted by atomic mass is 32.1. The maximum atomic E-state index is 5.41. The lowest BCUT2D eigenvalue weighted by Crippen LogP contribution is -2.38. The standard InChI is InChI=1S/C22H34N4O2S/c1-6-28-13-7-12-23-21(24-14-17-8-10-19(27-5)11-9-17)25-15-18-16-29-20(26-18)22(2,3)4/h8-11,16H,6-7,12-15H2,1-5H3,(H2,23,24,25). The molecule has 0 aliphatic rings. The summed E-state index contributed by atoms with van der Waals surface area (Å²) in [5.41, 5.74) is 2.24. The molecule has 0 bridgehead atoms. The summed E-state index contributed by atoms with van der Waals surface area (Å²) in [4.78, 5) is 9.48. The lowest BCUT2D eigenvalue weighted by Gasteiger charge is -2.14. The largest absolute Gasteiger partial charge is 0.497 e. The van der Waals surface area contributed by atoms with Crippen LogP contribution < -0.4 is 15.4 Å². The molecule has 2 aromatic rings. The zero-order chi connectivity index (χ0) is 21.1. The second-order valence-corrected chi connectivity index (χ2v) is 8.60. The Labute approximate surface area is 178 Å². The minimum atomic E-state index is 0.0751. The summed E-state index contributed by atoms with van der Waals surface area (Å²) in [5.74, 6) is 1.63. The fourth-order valence-electron chi connectivity index (χ4n) is 2.51. The average molecular weight is 419 g/mol. The molecule has 2 N–H and O–H groups in total. The minimum Gasteiger partial charge on any atom is -0.497 e. The normalized spacial score (nSPS) is 12.1. The van der Waals surface area contributed by atoms with E-state index in [0.717, 1.165) is 54.2 Å². The number of hydrogen-bond donors (Lipinski definition) is 2. The van der Waals surface area contributed by atoms with Crippen molar-refractivity contribution in [3.05, 3.63) is 45.9 Å². The van der Waals surface area contributed by atoms with Crippen LogP contribution >= 0.6 is 11.3 Å². The van der Waals surface area contributed by atoms with Gasteiger partial charge in [-0.3, -0.25) is 0 Å². The summed E-state index contributed by atoms with van der Waals surface area (Å²) in [6, 6.07) is 7.98. The first kappa shape index (κ1) is 23.2. The third-order valence-corrected chi connectivity index (χ3v) is 5.49. The Morgan fingerprint density at radius 3 is 2.55 bits per heavy atom. The molecule has 0 aliphatic heterocycles. The number of aromatic nitrogens is 1. The van der Waals surface area contributed by atoms with Gasteiger partial charge in [-0.25, -0.2) is 9.98 Å². The number of nitrogens with zero attached hydrogens (tertiary/aromatic N) is 2. The van der Waals surface area contributed by atoms with Crippen molar-refractivity contribution in [2.45, 2.75) is 52.6 Å². The number of benzene rings is 1. The first-order chi connectivity index (χ1) is 13.9. The molecular formula is C22H34N4O2S. The van der Waals surface area contributed by atoms with Crippen LogP contribution in [0.2, 0.25) is 0 Å². The Balaban J connectivity index is 1.96. The number of ether oxygens (including phenoxy) is 2. The van der Waals surface area contributed by atoms with Crippen molar-refractivity contribution in [3.8, 4) is 5.75 Å². The van der Waals surface area contributed by atoms with Gasteiger partial charge in [0, 0.05) is 30.6 Å². The summed E-state index contributed by atoms with van der Waals surface area (Å²) in [6.07, 6.45) is 0.932. The molecule has 0 saturated heterocycles. The van der Waals surface area contributed by atoms with Gasteiger partial charge in [0.1, 0.15) is 5.75 Å². The lowest BCUT2D eigenvalue weighted by atomic mass is 9.98. The van der Waals surface area contributed by atoms with E-state index in [2.05, 4.69) is 36.8 Å². The van der Waals surface area contributed by atoms with E-state index >= 15 is 0 Å². The van der Waals surface area contributed by atoms with E-state index in [9.17, 15) is 0 Å². The quantitative estimate of drug-likeness (QED) is 0.345. The van der Waals surface area contributed by atoms with Crippen LogP contribution in [0.25, 0.3) is 0 Å². The van der Waals surface area contributed by atoms with E-state index in [1.54, 1.807) is 18.4 Å². The maximum absolute atomic E-state index is 5.41. The molecule has 0 aliphatic carbocycles. The summed E-state index contributed by atoms with van der Waals surface area (Å²) >= 11 is 1.71. The van der Waals surface area contributed by atoms with E-state index < -0.39 is 0 Å².